The highest BCUT2D eigenvalue weighted by atomic mass is 16.5. The van der Waals surface area contributed by atoms with E-state index in [1.165, 1.54) is 25.7 Å². The predicted octanol–water partition coefficient (Wildman–Crippen LogP) is 1.77. The fourth-order valence-electron chi connectivity index (χ4n) is 2.45. The minimum Gasteiger partial charge on any atom is -0.371 e. The maximum Gasteiger partial charge on any atom is 0.246 e. The molecule has 7 nitrogen and oxygen atoms in total. The molecule has 0 amide bonds. The van der Waals surface area contributed by atoms with Gasteiger partial charge in [-0.2, -0.15) is 4.98 Å². The molecule has 0 bridgehead atoms. The summed E-state index contributed by atoms with van der Waals surface area (Å²) < 4.78 is 10.6. The van der Waals surface area contributed by atoms with Crippen LogP contribution in [0, 0.1) is 0 Å². The largest absolute Gasteiger partial charge is 0.371 e. The van der Waals surface area contributed by atoms with Crippen LogP contribution in [0.2, 0.25) is 0 Å². The van der Waals surface area contributed by atoms with E-state index in [1.54, 1.807) is 7.05 Å². The number of hydrogen-bond donors (Lipinski definition) is 2. The molecule has 1 aromatic heterocycles. The highest BCUT2D eigenvalue weighted by Crippen LogP contribution is 2.17. The number of ether oxygens (including phenoxy) is 1. The summed E-state index contributed by atoms with van der Waals surface area (Å²) in [6.07, 6.45) is 4.84. The number of aromatic nitrogens is 2. The molecule has 1 heterocycles. The van der Waals surface area contributed by atoms with Crippen molar-refractivity contribution in [2.24, 2.45) is 4.99 Å². The molecule has 0 spiro atoms. The third-order valence-electron chi connectivity index (χ3n) is 3.59. The molecule has 2 rings (SSSR count). The van der Waals surface area contributed by atoms with Gasteiger partial charge in [0.2, 0.25) is 5.89 Å². The predicted molar refractivity (Wildman–Crippen MR) is 79.9 cm³/mol. The summed E-state index contributed by atoms with van der Waals surface area (Å²) >= 11 is 0. The van der Waals surface area contributed by atoms with E-state index in [2.05, 4.69) is 25.8 Å². The molecule has 0 aliphatic heterocycles. The molecule has 7 heteroatoms. The SMILES string of the molecule is CCOC(C)c1noc(CNC(=NC)NC2CCCC2)n1. The van der Waals surface area contributed by atoms with Crippen molar-refractivity contribution in [3.63, 3.8) is 0 Å². The first kappa shape index (κ1) is 15.8. The van der Waals surface area contributed by atoms with Crippen molar-refractivity contribution in [1.82, 2.24) is 20.8 Å². The molecule has 1 saturated carbocycles. The molecule has 1 unspecified atom stereocenters. The van der Waals surface area contributed by atoms with Crippen LogP contribution in [0.4, 0.5) is 0 Å². The Morgan fingerprint density at radius 1 is 1.48 bits per heavy atom. The maximum absolute atomic E-state index is 5.44. The summed E-state index contributed by atoms with van der Waals surface area (Å²) in [6.45, 7) is 4.93. The molecule has 2 N–H and O–H groups in total. The van der Waals surface area contributed by atoms with Crippen molar-refractivity contribution >= 4 is 5.96 Å². The number of aliphatic imine (C=N–C) groups is 1. The van der Waals surface area contributed by atoms with Crippen LogP contribution in [0.25, 0.3) is 0 Å². The van der Waals surface area contributed by atoms with Crippen LogP contribution in [0.3, 0.4) is 0 Å². The Hall–Kier alpha value is -1.63. The van der Waals surface area contributed by atoms with Gasteiger partial charge in [0.15, 0.2) is 11.8 Å². The van der Waals surface area contributed by atoms with Gasteiger partial charge in [-0.1, -0.05) is 18.0 Å². The zero-order valence-electron chi connectivity index (χ0n) is 13.1. The molecule has 0 aromatic carbocycles. The molecule has 0 radical (unpaired) electrons. The number of nitrogens with one attached hydrogen (secondary N) is 2. The monoisotopic (exact) mass is 295 g/mol. The average molecular weight is 295 g/mol. The molecular formula is C14H25N5O2. The Morgan fingerprint density at radius 2 is 2.24 bits per heavy atom. The van der Waals surface area contributed by atoms with Crippen molar-refractivity contribution in [2.45, 2.75) is 58.2 Å². The van der Waals surface area contributed by atoms with Gasteiger partial charge in [-0.3, -0.25) is 4.99 Å². The second kappa shape index (κ2) is 7.97. The Balaban J connectivity index is 1.81. The second-order valence-electron chi connectivity index (χ2n) is 5.20. The number of rotatable bonds is 6. The van der Waals surface area contributed by atoms with Gasteiger partial charge in [0.25, 0.3) is 0 Å². The van der Waals surface area contributed by atoms with Gasteiger partial charge in [-0.05, 0) is 26.7 Å². The van der Waals surface area contributed by atoms with E-state index in [0.717, 1.165) is 5.96 Å². The standard InChI is InChI=1S/C14H25N5O2/c1-4-20-10(2)13-18-12(21-19-13)9-16-14(15-3)17-11-7-5-6-8-11/h10-11H,4-9H2,1-3H3,(H2,15,16,17). The molecule has 1 atom stereocenters. The van der Waals surface area contributed by atoms with E-state index in [9.17, 15) is 0 Å². The molecule has 118 valence electrons. The van der Waals surface area contributed by atoms with Crippen molar-refractivity contribution in [2.75, 3.05) is 13.7 Å². The Morgan fingerprint density at radius 3 is 2.90 bits per heavy atom. The molecular weight excluding hydrogens is 270 g/mol. The maximum atomic E-state index is 5.44. The topological polar surface area (TPSA) is 84.6 Å². The third kappa shape index (κ3) is 4.70. The normalized spacial score (nSPS) is 18.0. The smallest absolute Gasteiger partial charge is 0.246 e. The quantitative estimate of drug-likeness (QED) is 0.614. The molecule has 21 heavy (non-hydrogen) atoms. The van der Waals surface area contributed by atoms with E-state index < -0.39 is 0 Å². The van der Waals surface area contributed by atoms with Crippen LogP contribution in [-0.2, 0) is 11.3 Å². The van der Waals surface area contributed by atoms with Gasteiger partial charge in [0.05, 0.1) is 6.54 Å². The van der Waals surface area contributed by atoms with Gasteiger partial charge in [0.1, 0.15) is 6.10 Å². The van der Waals surface area contributed by atoms with E-state index in [1.807, 2.05) is 13.8 Å². The average Bonchev–Trinajstić information content (AvgIpc) is 3.15. The first-order valence-electron chi connectivity index (χ1n) is 7.64. The lowest BCUT2D eigenvalue weighted by Gasteiger charge is -2.15. The van der Waals surface area contributed by atoms with E-state index in [4.69, 9.17) is 9.26 Å². The lowest BCUT2D eigenvalue weighted by atomic mass is 10.2. The first-order valence-corrected chi connectivity index (χ1v) is 7.64. The Kier molecular flexibility index (Phi) is 5.98. The van der Waals surface area contributed by atoms with Gasteiger partial charge >= 0.3 is 0 Å². The summed E-state index contributed by atoms with van der Waals surface area (Å²) in [5.74, 6) is 1.89. The lowest BCUT2D eigenvalue weighted by molar-refractivity contribution is 0.0683. The van der Waals surface area contributed by atoms with Gasteiger partial charge < -0.3 is 19.9 Å². The zero-order valence-corrected chi connectivity index (χ0v) is 13.1. The fraction of sp³-hybridized carbons (Fsp3) is 0.786. The van der Waals surface area contributed by atoms with Crippen LogP contribution in [0.5, 0.6) is 0 Å². The van der Waals surface area contributed by atoms with Crippen LogP contribution in [0.15, 0.2) is 9.52 Å². The Bertz CT molecular complexity index is 454. The highest BCUT2D eigenvalue weighted by Gasteiger charge is 2.17. The zero-order chi connectivity index (χ0) is 15.1. The van der Waals surface area contributed by atoms with Gasteiger partial charge in [-0.15, -0.1) is 0 Å². The fourth-order valence-corrected chi connectivity index (χ4v) is 2.45. The van der Waals surface area contributed by atoms with Crippen LogP contribution in [0.1, 0.15) is 57.3 Å². The van der Waals surface area contributed by atoms with Gasteiger partial charge in [-0.25, -0.2) is 0 Å². The van der Waals surface area contributed by atoms with Gasteiger partial charge in [0, 0.05) is 19.7 Å². The summed E-state index contributed by atoms with van der Waals surface area (Å²) in [6, 6.07) is 0.521. The molecule has 1 aromatic rings. The third-order valence-corrected chi connectivity index (χ3v) is 3.59. The molecule has 1 aliphatic rings. The van der Waals surface area contributed by atoms with Crippen LogP contribution >= 0.6 is 0 Å². The number of guanidine groups is 1. The summed E-state index contributed by atoms with van der Waals surface area (Å²) in [4.78, 5) is 8.54. The summed E-state index contributed by atoms with van der Waals surface area (Å²) in [5.41, 5.74) is 0. The molecule has 1 aliphatic carbocycles. The van der Waals surface area contributed by atoms with Crippen molar-refractivity contribution in [3.05, 3.63) is 11.7 Å². The summed E-state index contributed by atoms with van der Waals surface area (Å²) in [5, 5.41) is 10.5. The number of nitrogens with zero attached hydrogens (tertiary/aromatic N) is 3. The minimum atomic E-state index is -0.150. The number of hydrogen-bond acceptors (Lipinski definition) is 5. The van der Waals surface area contributed by atoms with E-state index in [0.29, 0.717) is 30.9 Å². The molecule has 1 fully saturated rings. The molecule has 0 saturated heterocycles. The van der Waals surface area contributed by atoms with Crippen molar-refractivity contribution < 1.29 is 9.26 Å². The Labute approximate surface area is 125 Å². The van der Waals surface area contributed by atoms with Crippen molar-refractivity contribution in [3.8, 4) is 0 Å². The minimum absolute atomic E-state index is 0.150. The van der Waals surface area contributed by atoms with Crippen molar-refractivity contribution in [1.29, 1.82) is 0 Å². The van der Waals surface area contributed by atoms with E-state index >= 15 is 0 Å². The van der Waals surface area contributed by atoms with E-state index in [-0.39, 0.29) is 6.10 Å². The lowest BCUT2D eigenvalue weighted by Crippen LogP contribution is -2.42. The highest BCUT2D eigenvalue weighted by molar-refractivity contribution is 5.79. The van der Waals surface area contributed by atoms with Crippen LogP contribution in [-0.4, -0.2) is 35.8 Å². The first-order chi connectivity index (χ1) is 10.2. The second-order valence-corrected chi connectivity index (χ2v) is 5.20. The summed E-state index contributed by atoms with van der Waals surface area (Å²) in [7, 11) is 1.76. The van der Waals surface area contributed by atoms with Crippen LogP contribution < -0.4 is 10.6 Å².